The Morgan fingerprint density at radius 2 is 2.35 bits per heavy atom. The van der Waals surface area contributed by atoms with E-state index >= 15 is 0 Å². The van der Waals surface area contributed by atoms with Crippen LogP contribution < -0.4 is 11.1 Å². The molecular weight excluding hydrogens is 218 g/mol. The fraction of sp³-hybridized carbons (Fsp3) is 0.200. The van der Waals surface area contributed by atoms with E-state index in [2.05, 4.69) is 25.5 Å². The number of rotatable bonds is 3. The molecule has 0 aliphatic heterocycles. The van der Waals surface area contributed by atoms with Gasteiger partial charge in [0.05, 0.1) is 6.20 Å². The minimum absolute atomic E-state index is 0.333. The van der Waals surface area contributed by atoms with Crippen molar-refractivity contribution < 1.29 is 0 Å². The van der Waals surface area contributed by atoms with E-state index in [9.17, 15) is 0 Å². The Kier molecular flexibility index (Phi) is 2.87. The first-order valence-electron chi connectivity index (χ1n) is 4.96. The van der Waals surface area contributed by atoms with Crippen LogP contribution in [0.15, 0.2) is 12.3 Å². The molecule has 0 aliphatic rings. The average molecular weight is 229 g/mol. The molecule has 2 aromatic rings. The van der Waals surface area contributed by atoms with E-state index in [4.69, 9.17) is 11.0 Å². The van der Waals surface area contributed by atoms with Gasteiger partial charge in [0.25, 0.3) is 0 Å². The predicted molar refractivity (Wildman–Crippen MR) is 61.8 cm³/mol. The zero-order chi connectivity index (χ0) is 12.3. The molecule has 17 heavy (non-hydrogen) atoms. The Hall–Kier alpha value is -2.62. The lowest BCUT2D eigenvalue weighted by Gasteiger charge is -2.04. The second kappa shape index (κ2) is 4.49. The summed E-state index contributed by atoms with van der Waals surface area (Å²) in [5.41, 5.74) is 7.54. The standard InChI is InChI=1S/C10H11N7/c1-6-2-8(3-11)16-10(15-6)13-4-7-5-14-17-9(7)12/h2,5H,4H2,1H3,(H3,12,14,17)(H,13,15,16). The molecule has 0 aliphatic carbocycles. The molecule has 0 aromatic carbocycles. The SMILES string of the molecule is Cc1cc(C#N)nc(NCc2cn[nH]c2N)n1. The summed E-state index contributed by atoms with van der Waals surface area (Å²) in [6.07, 6.45) is 1.63. The lowest BCUT2D eigenvalue weighted by Crippen LogP contribution is -2.06. The second-order valence-corrected chi connectivity index (χ2v) is 3.49. The highest BCUT2D eigenvalue weighted by Crippen LogP contribution is 2.09. The lowest BCUT2D eigenvalue weighted by atomic mass is 10.3. The van der Waals surface area contributed by atoms with Crippen LogP contribution in [-0.2, 0) is 6.54 Å². The Bertz CT molecular complexity index is 566. The van der Waals surface area contributed by atoms with Crippen molar-refractivity contribution in [1.29, 1.82) is 5.26 Å². The molecule has 7 heteroatoms. The van der Waals surface area contributed by atoms with Crippen LogP contribution in [-0.4, -0.2) is 20.2 Å². The van der Waals surface area contributed by atoms with Crippen molar-refractivity contribution in [3.63, 3.8) is 0 Å². The van der Waals surface area contributed by atoms with Crippen molar-refractivity contribution in [2.45, 2.75) is 13.5 Å². The number of aromatic amines is 1. The maximum atomic E-state index is 8.78. The lowest BCUT2D eigenvalue weighted by molar-refractivity contribution is 1.02. The summed E-state index contributed by atoms with van der Waals surface area (Å²) in [5, 5.41) is 18.2. The zero-order valence-electron chi connectivity index (χ0n) is 9.23. The molecule has 7 nitrogen and oxygen atoms in total. The molecule has 0 fully saturated rings. The van der Waals surface area contributed by atoms with Crippen LogP contribution in [0.25, 0.3) is 0 Å². The molecule has 0 saturated heterocycles. The number of H-pyrrole nitrogens is 1. The molecular formula is C10H11N7. The number of nitrogen functional groups attached to an aromatic ring is 1. The number of nitrogens with one attached hydrogen (secondary N) is 2. The van der Waals surface area contributed by atoms with E-state index in [1.807, 2.05) is 6.07 Å². The van der Waals surface area contributed by atoms with Crippen LogP contribution in [0, 0.1) is 18.3 Å². The Morgan fingerprint density at radius 1 is 1.53 bits per heavy atom. The summed E-state index contributed by atoms with van der Waals surface area (Å²) in [6.45, 7) is 2.26. The van der Waals surface area contributed by atoms with E-state index in [1.54, 1.807) is 19.2 Å². The highest BCUT2D eigenvalue weighted by atomic mass is 15.2. The number of aromatic nitrogens is 4. The fourth-order valence-electron chi connectivity index (χ4n) is 1.34. The van der Waals surface area contributed by atoms with Gasteiger partial charge in [-0.05, 0) is 13.0 Å². The van der Waals surface area contributed by atoms with Crippen LogP contribution in [0.1, 0.15) is 17.0 Å². The first-order chi connectivity index (χ1) is 8.19. The Balaban J connectivity index is 2.12. The van der Waals surface area contributed by atoms with Gasteiger partial charge in [0.1, 0.15) is 17.6 Å². The molecule has 86 valence electrons. The van der Waals surface area contributed by atoms with Gasteiger partial charge >= 0.3 is 0 Å². The average Bonchev–Trinajstić information content (AvgIpc) is 2.71. The summed E-state index contributed by atoms with van der Waals surface area (Å²) in [6, 6.07) is 3.60. The predicted octanol–water partition coefficient (Wildman–Crippen LogP) is 0.574. The topological polar surface area (TPSA) is 116 Å². The van der Waals surface area contributed by atoms with Gasteiger partial charge < -0.3 is 11.1 Å². The minimum atomic E-state index is 0.333. The monoisotopic (exact) mass is 229 g/mol. The first kappa shape index (κ1) is 10.9. The number of aryl methyl sites for hydroxylation is 1. The number of anilines is 2. The molecule has 2 rings (SSSR count). The number of nitriles is 1. The highest BCUT2D eigenvalue weighted by molar-refractivity contribution is 5.40. The molecule has 0 saturated carbocycles. The van der Waals surface area contributed by atoms with Crippen molar-refractivity contribution in [1.82, 2.24) is 20.2 Å². The van der Waals surface area contributed by atoms with E-state index in [-0.39, 0.29) is 0 Å². The third-order valence-electron chi connectivity index (χ3n) is 2.16. The molecule has 0 bridgehead atoms. The van der Waals surface area contributed by atoms with Crippen molar-refractivity contribution in [3.05, 3.63) is 29.2 Å². The van der Waals surface area contributed by atoms with Crippen molar-refractivity contribution in [3.8, 4) is 6.07 Å². The van der Waals surface area contributed by atoms with Gasteiger partial charge in [0.15, 0.2) is 0 Å². The Labute approximate surface area is 97.7 Å². The third-order valence-corrected chi connectivity index (χ3v) is 2.16. The summed E-state index contributed by atoms with van der Waals surface area (Å²) in [7, 11) is 0. The van der Waals surface area contributed by atoms with Crippen LogP contribution in [0.3, 0.4) is 0 Å². The maximum Gasteiger partial charge on any atom is 0.224 e. The summed E-state index contributed by atoms with van der Waals surface area (Å²) in [4.78, 5) is 8.19. The number of nitrogens with zero attached hydrogens (tertiary/aromatic N) is 4. The van der Waals surface area contributed by atoms with E-state index in [0.29, 0.717) is 24.0 Å². The number of nitrogens with two attached hydrogens (primary N) is 1. The number of hydrogen-bond donors (Lipinski definition) is 3. The molecule has 0 radical (unpaired) electrons. The molecule has 4 N–H and O–H groups in total. The fourth-order valence-corrected chi connectivity index (χ4v) is 1.34. The van der Waals surface area contributed by atoms with Crippen LogP contribution in [0.5, 0.6) is 0 Å². The van der Waals surface area contributed by atoms with Crippen molar-refractivity contribution in [2.24, 2.45) is 0 Å². The van der Waals surface area contributed by atoms with Gasteiger partial charge in [-0.15, -0.1) is 0 Å². The first-order valence-corrected chi connectivity index (χ1v) is 4.96. The largest absolute Gasteiger partial charge is 0.384 e. The maximum absolute atomic E-state index is 8.78. The Morgan fingerprint density at radius 3 is 3.00 bits per heavy atom. The van der Waals surface area contributed by atoms with Gasteiger partial charge in [-0.3, -0.25) is 5.10 Å². The second-order valence-electron chi connectivity index (χ2n) is 3.49. The summed E-state index contributed by atoms with van der Waals surface area (Å²) >= 11 is 0. The van der Waals surface area contributed by atoms with Gasteiger partial charge in [0, 0.05) is 17.8 Å². The zero-order valence-corrected chi connectivity index (χ0v) is 9.23. The van der Waals surface area contributed by atoms with Crippen molar-refractivity contribution >= 4 is 11.8 Å². The molecule has 0 unspecified atom stereocenters. The molecule has 0 amide bonds. The van der Waals surface area contributed by atoms with Crippen LogP contribution >= 0.6 is 0 Å². The summed E-state index contributed by atoms with van der Waals surface area (Å²) in [5.74, 6) is 0.910. The quantitative estimate of drug-likeness (QED) is 0.708. The highest BCUT2D eigenvalue weighted by Gasteiger charge is 2.04. The smallest absolute Gasteiger partial charge is 0.224 e. The normalized spacial score (nSPS) is 9.88. The van der Waals surface area contributed by atoms with E-state index in [1.165, 1.54) is 0 Å². The van der Waals surface area contributed by atoms with Gasteiger partial charge in [0.2, 0.25) is 5.95 Å². The van der Waals surface area contributed by atoms with Crippen LogP contribution in [0.4, 0.5) is 11.8 Å². The molecule has 0 spiro atoms. The molecule has 0 atom stereocenters. The molecule has 2 heterocycles. The van der Waals surface area contributed by atoms with Gasteiger partial charge in [-0.1, -0.05) is 0 Å². The van der Waals surface area contributed by atoms with Gasteiger partial charge in [-0.25, -0.2) is 9.97 Å². The van der Waals surface area contributed by atoms with Gasteiger partial charge in [-0.2, -0.15) is 10.4 Å². The van der Waals surface area contributed by atoms with Crippen LogP contribution in [0.2, 0.25) is 0 Å². The summed E-state index contributed by atoms with van der Waals surface area (Å²) < 4.78 is 0. The third kappa shape index (κ3) is 2.49. The van der Waals surface area contributed by atoms with E-state index in [0.717, 1.165) is 11.3 Å². The molecule has 2 aromatic heterocycles. The van der Waals surface area contributed by atoms with Crippen molar-refractivity contribution in [2.75, 3.05) is 11.1 Å². The van der Waals surface area contributed by atoms with E-state index < -0.39 is 0 Å². The number of hydrogen-bond acceptors (Lipinski definition) is 6. The minimum Gasteiger partial charge on any atom is -0.384 e.